The van der Waals surface area contributed by atoms with E-state index in [0.29, 0.717) is 6.42 Å². The first-order valence-corrected chi connectivity index (χ1v) is 5.84. The maximum atomic E-state index is 11.7. The molecule has 98 valence electrons. The summed E-state index contributed by atoms with van der Waals surface area (Å²) in [6, 6.07) is 0. The Morgan fingerprint density at radius 1 is 1.41 bits per heavy atom. The van der Waals surface area contributed by atoms with E-state index >= 15 is 0 Å². The number of carbonyl (C=O) groups excluding carboxylic acids is 2. The van der Waals surface area contributed by atoms with Crippen molar-refractivity contribution in [3.63, 3.8) is 0 Å². The van der Waals surface area contributed by atoms with Crippen LogP contribution in [0.1, 0.15) is 40.5 Å². The van der Waals surface area contributed by atoms with Gasteiger partial charge in [-0.05, 0) is 33.1 Å². The molecule has 1 saturated carbocycles. The molecule has 0 bridgehead atoms. The minimum Gasteiger partial charge on any atom is -0.467 e. The van der Waals surface area contributed by atoms with Crippen LogP contribution in [0.3, 0.4) is 0 Å². The molecule has 1 N–H and O–H groups in total. The van der Waals surface area contributed by atoms with Gasteiger partial charge in [0.25, 0.3) is 0 Å². The molecular weight excluding hydrogens is 222 g/mol. The van der Waals surface area contributed by atoms with Crippen LogP contribution in [0.2, 0.25) is 0 Å². The van der Waals surface area contributed by atoms with Gasteiger partial charge in [-0.25, -0.2) is 9.59 Å². The molecule has 1 amide bonds. The van der Waals surface area contributed by atoms with Crippen LogP contribution in [0.25, 0.3) is 0 Å². The zero-order valence-electron chi connectivity index (χ0n) is 11.1. The average molecular weight is 243 g/mol. The molecule has 1 fully saturated rings. The second-order valence-electron chi connectivity index (χ2n) is 5.40. The van der Waals surface area contributed by atoms with Crippen LogP contribution >= 0.6 is 0 Å². The molecule has 0 aromatic carbocycles. The summed E-state index contributed by atoms with van der Waals surface area (Å²) in [7, 11) is 1.33. The molecule has 0 unspecified atom stereocenters. The van der Waals surface area contributed by atoms with Crippen molar-refractivity contribution >= 4 is 12.1 Å². The summed E-state index contributed by atoms with van der Waals surface area (Å²) in [5, 5.41) is 2.64. The maximum absolute atomic E-state index is 11.7. The number of hydrogen-bond donors (Lipinski definition) is 1. The smallest absolute Gasteiger partial charge is 0.408 e. The topological polar surface area (TPSA) is 64.6 Å². The molecule has 0 aromatic rings. The lowest BCUT2D eigenvalue weighted by atomic mass is 10.1. The van der Waals surface area contributed by atoms with Gasteiger partial charge in [0.2, 0.25) is 0 Å². The van der Waals surface area contributed by atoms with Crippen molar-refractivity contribution in [2.75, 3.05) is 7.11 Å². The maximum Gasteiger partial charge on any atom is 0.408 e. The van der Waals surface area contributed by atoms with E-state index in [0.717, 1.165) is 6.42 Å². The molecule has 1 aliphatic carbocycles. The molecular formula is C12H21NO4. The highest BCUT2D eigenvalue weighted by Gasteiger charge is 2.61. The molecule has 5 heteroatoms. The fourth-order valence-electron chi connectivity index (χ4n) is 1.94. The van der Waals surface area contributed by atoms with Gasteiger partial charge >= 0.3 is 12.1 Å². The fraction of sp³-hybridized carbons (Fsp3) is 0.833. The number of alkyl carbamates (subject to hydrolysis) is 1. The molecule has 0 aromatic heterocycles. The highest BCUT2D eigenvalue weighted by Crippen LogP contribution is 2.46. The summed E-state index contributed by atoms with van der Waals surface area (Å²) in [5.41, 5.74) is -1.44. The van der Waals surface area contributed by atoms with E-state index in [1.165, 1.54) is 7.11 Å². The van der Waals surface area contributed by atoms with Gasteiger partial charge in [0.1, 0.15) is 11.1 Å². The van der Waals surface area contributed by atoms with Crippen LogP contribution < -0.4 is 5.32 Å². The van der Waals surface area contributed by atoms with Crippen molar-refractivity contribution in [1.29, 1.82) is 0 Å². The molecule has 0 spiro atoms. The van der Waals surface area contributed by atoms with Crippen molar-refractivity contribution in [1.82, 2.24) is 5.32 Å². The van der Waals surface area contributed by atoms with E-state index in [4.69, 9.17) is 9.47 Å². The number of amides is 1. The van der Waals surface area contributed by atoms with E-state index in [1.807, 2.05) is 6.92 Å². The van der Waals surface area contributed by atoms with Crippen LogP contribution in [-0.2, 0) is 14.3 Å². The zero-order chi connectivity index (χ0) is 13.3. The number of rotatable bonds is 3. The number of hydrogen-bond acceptors (Lipinski definition) is 4. The van der Waals surface area contributed by atoms with Gasteiger partial charge in [0, 0.05) is 0 Å². The van der Waals surface area contributed by atoms with Crippen molar-refractivity contribution in [2.24, 2.45) is 5.92 Å². The van der Waals surface area contributed by atoms with Crippen LogP contribution in [-0.4, -0.2) is 30.3 Å². The molecule has 0 radical (unpaired) electrons. The summed E-state index contributed by atoms with van der Waals surface area (Å²) in [6.07, 6.45) is 0.874. The molecule has 1 rings (SSSR count). The second kappa shape index (κ2) is 4.55. The van der Waals surface area contributed by atoms with Gasteiger partial charge in [-0.3, -0.25) is 0 Å². The highest BCUT2D eigenvalue weighted by atomic mass is 16.6. The Bertz CT molecular complexity index is 321. The predicted octanol–water partition coefficient (Wildman–Crippen LogP) is 1.85. The summed E-state index contributed by atoms with van der Waals surface area (Å²) >= 11 is 0. The van der Waals surface area contributed by atoms with Crippen LogP contribution in [0.15, 0.2) is 0 Å². The van der Waals surface area contributed by atoms with Gasteiger partial charge in [-0.1, -0.05) is 13.3 Å². The molecule has 1 aliphatic rings. The number of esters is 1. The van der Waals surface area contributed by atoms with Gasteiger partial charge in [-0.15, -0.1) is 0 Å². The van der Waals surface area contributed by atoms with Crippen molar-refractivity contribution in [3.05, 3.63) is 0 Å². The molecule has 0 heterocycles. The van der Waals surface area contributed by atoms with Crippen molar-refractivity contribution in [2.45, 2.75) is 51.7 Å². The Labute approximate surface area is 102 Å². The molecule has 2 atom stereocenters. The first-order chi connectivity index (χ1) is 7.75. The van der Waals surface area contributed by atoms with Crippen LogP contribution in [0, 0.1) is 5.92 Å². The lowest BCUT2D eigenvalue weighted by molar-refractivity contribution is -0.144. The SMILES string of the molecule is CC[C@H]1C[C@@]1(NC(=O)OC(C)(C)C)C(=O)OC. The third kappa shape index (κ3) is 3.11. The Balaban J connectivity index is 2.64. The fourth-order valence-corrected chi connectivity index (χ4v) is 1.94. The monoisotopic (exact) mass is 243 g/mol. The van der Waals surface area contributed by atoms with E-state index in [9.17, 15) is 9.59 Å². The average Bonchev–Trinajstić information content (AvgIpc) is 2.88. The van der Waals surface area contributed by atoms with E-state index in [2.05, 4.69) is 5.32 Å². The third-order valence-corrected chi connectivity index (χ3v) is 2.87. The molecule has 17 heavy (non-hydrogen) atoms. The summed E-state index contributed by atoms with van der Waals surface area (Å²) < 4.78 is 9.87. The van der Waals surface area contributed by atoms with Gasteiger partial charge in [0.05, 0.1) is 7.11 Å². The minimum absolute atomic E-state index is 0.141. The first kappa shape index (κ1) is 13.8. The van der Waals surface area contributed by atoms with Crippen LogP contribution in [0.4, 0.5) is 4.79 Å². The van der Waals surface area contributed by atoms with Gasteiger partial charge < -0.3 is 14.8 Å². The molecule has 5 nitrogen and oxygen atoms in total. The Hall–Kier alpha value is -1.26. The quantitative estimate of drug-likeness (QED) is 0.768. The van der Waals surface area contributed by atoms with Gasteiger partial charge in [0.15, 0.2) is 0 Å². The standard InChI is InChI=1S/C12H21NO4/c1-6-8-7-12(8,9(14)16-5)13-10(15)17-11(2,3)4/h8H,6-7H2,1-5H3,(H,13,15)/t8-,12-/m0/s1. The second-order valence-corrected chi connectivity index (χ2v) is 5.40. The normalized spacial score (nSPS) is 27.2. The number of ether oxygens (including phenoxy) is 2. The summed E-state index contributed by atoms with van der Waals surface area (Å²) in [5.74, 6) is -0.252. The summed E-state index contributed by atoms with van der Waals surface area (Å²) in [4.78, 5) is 23.3. The largest absolute Gasteiger partial charge is 0.467 e. The van der Waals surface area contributed by atoms with E-state index < -0.39 is 23.2 Å². The Morgan fingerprint density at radius 2 is 2.00 bits per heavy atom. The molecule has 0 saturated heterocycles. The van der Waals surface area contributed by atoms with Crippen molar-refractivity contribution in [3.8, 4) is 0 Å². The Kier molecular flexibility index (Phi) is 3.69. The number of carbonyl (C=O) groups is 2. The zero-order valence-corrected chi connectivity index (χ0v) is 11.1. The van der Waals surface area contributed by atoms with E-state index in [-0.39, 0.29) is 5.92 Å². The van der Waals surface area contributed by atoms with E-state index in [1.54, 1.807) is 20.8 Å². The highest BCUT2D eigenvalue weighted by molar-refractivity contribution is 5.89. The Morgan fingerprint density at radius 3 is 2.35 bits per heavy atom. The minimum atomic E-state index is -0.869. The first-order valence-electron chi connectivity index (χ1n) is 5.84. The summed E-state index contributed by atoms with van der Waals surface area (Å²) in [6.45, 7) is 7.32. The van der Waals surface area contributed by atoms with Crippen LogP contribution in [0.5, 0.6) is 0 Å². The third-order valence-electron chi connectivity index (χ3n) is 2.87. The predicted molar refractivity (Wildman–Crippen MR) is 62.5 cm³/mol. The number of methoxy groups -OCH3 is 1. The lowest BCUT2D eigenvalue weighted by Gasteiger charge is -2.23. The lowest BCUT2D eigenvalue weighted by Crippen LogP contribution is -2.47. The van der Waals surface area contributed by atoms with Gasteiger partial charge in [-0.2, -0.15) is 0 Å². The number of nitrogens with one attached hydrogen (secondary N) is 1. The molecule has 0 aliphatic heterocycles. The van der Waals surface area contributed by atoms with Crippen molar-refractivity contribution < 1.29 is 19.1 Å².